The molecule has 0 radical (unpaired) electrons. The lowest BCUT2D eigenvalue weighted by Gasteiger charge is -2.12. The molecular weight excluding hydrogens is 270 g/mol. The van der Waals surface area contributed by atoms with Gasteiger partial charge in [-0.15, -0.1) is 0 Å². The van der Waals surface area contributed by atoms with Crippen LogP contribution in [0.1, 0.15) is 37.0 Å². The van der Waals surface area contributed by atoms with Crippen molar-refractivity contribution in [3.8, 4) is 5.75 Å². The van der Waals surface area contributed by atoms with Crippen molar-refractivity contribution in [1.82, 2.24) is 10.6 Å². The minimum atomic E-state index is -0.317. The van der Waals surface area contributed by atoms with E-state index in [1.54, 1.807) is 18.2 Å². The first kappa shape index (κ1) is 16.8. The smallest absolute Gasteiger partial charge is 0.253 e. The van der Waals surface area contributed by atoms with Crippen LogP contribution >= 0.6 is 0 Å². The molecule has 0 aliphatic carbocycles. The molecule has 2 amide bonds. The summed E-state index contributed by atoms with van der Waals surface area (Å²) in [4.78, 5) is 23.6. The first-order valence-corrected chi connectivity index (χ1v) is 6.99. The first-order chi connectivity index (χ1) is 9.99. The SMILES string of the molecule is CCC(C)NC(=O)CCNC(=O)c1cccc(OC)c1N. The van der Waals surface area contributed by atoms with Crippen LogP contribution in [0.2, 0.25) is 0 Å². The van der Waals surface area contributed by atoms with Gasteiger partial charge < -0.3 is 21.1 Å². The van der Waals surface area contributed by atoms with Crippen molar-refractivity contribution < 1.29 is 14.3 Å². The number of nitrogens with two attached hydrogens (primary N) is 1. The molecule has 0 aliphatic heterocycles. The maximum atomic E-state index is 12.0. The second-order valence-electron chi connectivity index (χ2n) is 4.80. The molecule has 6 nitrogen and oxygen atoms in total. The molecule has 0 bridgehead atoms. The highest BCUT2D eigenvalue weighted by atomic mass is 16.5. The molecule has 1 atom stereocenters. The molecule has 1 aromatic carbocycles. The van der Waals surface area contributed by atoms with E-state index in [4.69, 9.17) is 10.5 Å². The average Bonchev–Trinajstić information content (AvgIpc) is 2.47. The summed E-state index contributed by atoms with van der Waals surface area (Å²) in [5.41, 5.74) is 6.48. The molecule has 0 aromatic heterocycles. The van der Waals surface area contributed by atoms with Crippen LogP contribution in [0.4, 0.5) is 5.69 Å². The average molecular weight is 293 g/mol. The van der Waals surface area contributed by atoms with Crippen molar-refractivity contribution in [2.75, 3.05) is 19.4 Å². The number of amides is 2. The van der Waals surface area contributed by atoms with E-state index in [1.165, 1.54) is 7.11 Å². The number of methoxy groups -OCH3 is 1. The summed E-state index contributed by atoms with van der Waals surface area (Å²) >= 11 is 0. The van der Waals surface area contributed by atoms with Crippen LogP contribution in [0.5, 0.6) is 5.75 Å². The van der Waals surface area contributed by atoms with Gasteiger partial charge in [-0.05, 0) is 25.5 Å². The van der Waals surface area contributed by atoms with Crippen LogP contribution < -0.4 is 21.1 Å². The van der Waals surface area contributed by atoms with Gasteiger partial charge in [0.25, 0.3) is 5.91 Å². The third-order valence-electron chi connectivity index (χ3n) is 3.19. The van der Waals surface area contributed by atoms with Crippen molar-refractivity contribution in [2.45, 2.75) is 32.7 Å². The van der Waals surface area contributed by atoms with Gasteiger partial charge in [-0.2, -0.15) is 0 Å². The number of rotatable bonds is 7. The number of nitrogen functional groups attached to an aromatic ring is 1. The van der Waals surface area contributed by atoms with Crippen LogP contribution in [-0.4, -0.2) is 31.5 Å². The number of hydrogen-bond acceptors (Lipinski definition) is 4. The summed E-state index contributed by atoms with van der Waals surface area (Å²) in [6.07, 6.45) is 1.11. The molecule has 0 heterocycles. The summed E-state index contributed by atoms with van der Waals surface area (Å²) in [5.74, 6) is 0.0585. The fourth-order valence-electron chi connectivity index (χ4n) is 1.75. The van der Waals surface area contributed by atoms with Crippen LogP contribution in [-0.2, 0) is 4.79 Å². The van der Waals surface area contributed by atoms with E-state index in [2.05, 4.69) is 10.6 Å². The zero-order valence-electron chi connectivity index (χ0n) is 12.7. The Morgan fingerprint density at radius 1 is 1.38 bits per heavy atom. The Balaban J connectivity index is 2.50. The predicted octanol–water partition coefficient (Wildman–Crippen LogP) is 1.31. The molecule has 6 heteroatoms. The second kappa shape index (κ2) is 8.14. The van der Waals surface area contributed by atoms with Gasteiger partial charge in [0.1, 0.15) is 5.75 Å². The molecule has 0 spiro atoms. The maximum absolute atomic E-state index is 12.0. The number of anilines is 1. The van der Waals surface area contributed by atoms with Gasteiger partial charge in [-0.3, -0.25) is 9.59 Å². The molecule has 21 heavy (non-hydrogen) atoms. The Bertz CT molecular complexity index is 503. The summed E-state index contributed by atoms with van der Waals surface area (Å²) in [5, 5.41) is 5.52. The number of carbonyl (C=O) groups excluding carboxylic acids is 2. The van der Waals surface area contributed by atoms with Crippen LogP contribution in [0, 0.1) is 0 Å². The number of ether oxygens (including phenoxy) is 1. The van der Waals surface area contributed by atoms with E-state index in [-0.39, 0.29) is 30.8 Å². The highest BCUT2D eigenvalue weighted by Crippen LogP contribution is 2.24. The Kier molecular flexibility index (Phi) is 6.52. The number of nitrogens with one attached hydrogen (secondary N) is 2. The maximum Gasteiger partial charge on any atom is 0.253 e. The van der Waals surface area contributed by atoms with Gasteiger partial charge in [0, 0.05) is 19.0 Å². The zero-order valence-corrected chi connectivity index (χ0v) is 12.7. The Hall–Kier alpha value is -2.24. The van der Waals surface area contributed by atoms with Gasteiger partial charge in [0.05, 0.1) is 18.4 Å². The quantitative estimate of drug-likeness (QED) is 0.661. The number of para-hydroxylation sites is 1. The lowest BCUT2D eigenvalue weighted by Crippen LogP contribution is -2.35. The number of benzene rings is 1. The fourth-order valence-corrected chi connectivity index (χ4v) is 1.75. The van der Waals surface area contributed by atoms with Gasteiger partial charge in [0.2, 0.25) is 5.91 Å². The van der Waals surface area contributed by atoms with Crippen molar-refractivity contribution in [3.63, 3.8) is 0 Å². The Morgan fingerprint density at radius 3 is 2.71 bits per heavy atom. The monoisotopic (exact) mass is 293 g/mol. The first-order valence-electron chi connectivity index (χ1n) is 6.99. The molecule has 0 saturated carbocycles. The molecule has 116 valence electrons. The van der Waals surface area contributed by atoms with Gasteiger partial charge in [-0.1, -0.05) is 13.0 Å². The summed E-state index contributed by atoms with van der Waals surface area (Å²) in [7, 11) is 1.49. The van der Waals surface area contributed by atoms with E-state index in [1.807, 2.05) is 13.8 Å². The van der Waals surface area contributed by atoms with E-state index in [0.717, 1.165) is 6.42 Å². The molecule has 0 saturated heterocycles. The standard InChI is InChI=1S/C15H23N3O3/c1-4-10(2)18-13(19)8-9-17-15(20)11-6-5-7-12(21-3)14(11)16/h5-7,10H,4,8-9,16H2,1-3H3,(H,17,20)(H,18,19). The normalized spacial score (nSPS) is 11.6. The molecule has 1 unspecified atom stereocenters. The molecule has 0 fully saturated rings. The lowest BCUT2D eigenvalue weighted by atomic mass is 10.1. The molecule has 1 rings (SSSR count). The van der Waals surface area contributed by atoms with Gasteiger partial charge in [-0.25, -0.2) is 0 Å². The topological polar surface area (TPSA) is 93.5 Å². The Labute approximate surface area is 125 Å². The van der Waals surface area contributed by atoms with E-state index in [0.29, 0.717) is 17.0 Å². The molecule has 1 aromatic rings. The highest BCUT2D eigenvalue weighted by molar-refractivity contribution is 6.00. The highest BCUT2D eigenvalue weighted by Gasteiger charge is 2.13. The van der Waals surface area contributed by atoms with Crippen molar-refractivity contribution in [2.24, 2.45) is 0 Å². The van der Waals surface area contributed by atoms with Gasteiger partial charge >= 0.3 is 0 Å². The van der Waals surface area contributed by atoms with Crippen LogP contribution in [0.15, 0.2) is 18.2 Å². The van der Waals surface area contributed by atoms with Crippen LogP contribution in [0.3, 0.4) is 0 Å². The van der Waals surface area contributed by atoms with E-state index in [9.17, 15) is 9.59 Å². The summed E-state index contributed by atoms with van der Waals surface area (Å²) < 4.78 is 5.07. The summed E-state index contributed by atoms with van der Waals surface area (Å²) in [6, 6.07) is 5.14. The molecule has 4 N–H and O–H groups in total. The third-order valence-corrected chi connectivity index (χ3v) is 3.19. The summed E-state index contributed by atoms with van der Waals surface area (Å²) in [6.45, 7) is 4.20. The fraction of sp³-hybridized carbons (Fsp3) is 0.467. The predicted molar refractivity (Wildman–Crippen MR) is 82.3 cm³/mol. The van der Waals surface area contributed by atoms with Gasteiger partial charge in [0.15, 0.2) is 0 Å². The molecule has 0 aliphatic rings. The molecular formula is C15H23N3O3. The number of carbonyl (C=O) groups is 2. The third kappa shape index (κ3) is 4.98. The minimum Gasteiger partial charge on any atom is -0.495 e. The van der Waals surface area contributed by atoms with E-state index < -0.39 is 0 Å². The van der Waals surface area contributed by atoms with Crippen molar-refractivity contribution in [3.05, 3.63) is 23.8 Å². The zero-order chi connectivity index (χ0) is 15.8. The van der Waals surface area contributed by atoms with Crippen LogP contribution in [0.25, 0.3) is 0 Å². The second-order valence-corrected chi connectivity index (χ2v) is 4.80. The van der Waals surface area contributed by atoms with Crippen molar-refractivity contribution in [1.29, 1.82) is 0 Å². The lowest BCUT2D eigenvalue weighted by molar-refractivity contribution is -0.121. The Morgan fingerprint density at radius 2 is 2.10 bits per heavy atom. The van der Waals surface area contributed by atoms with Crippen molar-refractivity contribution >= 4 is 17.5 Å². The number of hydrogen-bond donors (Lipinski definition) is 3. The minimum absolute atomic E-state index is 0.0803. The largest absolute Gasteiger partial charge is 0.495 e. The van der Waals surface area contributed by atoms with E-state index >= 15 is 0 Å².